The van der Waals surface area contributed by atoms with Crippen LogP contribution in [0.3, 0.4) is 0 Å². The van der Waals surface area contributed by atoms with Gasteiger partial charge >= 0.3 is 0 Å². The fourth-order valence-corrected chi connectivity index (χ4v) is 2.76. The molecule has 0 atom stereocenters. The van der Waals surface area contributed by atoms with E-state index in [0.717, 1.165) is 22.7 Å². The third-order valence-corrected chi connectivity index (χ3v) is 4.00. The van der Waals surface area contributed by atoms with Crippen molar-refractivity contribution in [2.45, 2.75) is 20.3 Å². The molecule has 0 aliphatic heterocycles. The Labute approximate surface area is 118 Å². The predicted octanol–water partition coefficient (Wildman–Crippen LogP) is 5.36. The van der Waals surface area contributed by atoms with E-state index < -0.39 is 0 Å². The van der Waals surface area contributed by atoms with Gasteiger partial charge in [0.2, 0.25) is 0 Å². The van der Waals surface area contributed by atoms with Gasteiger partial charge in [-0.25, -0.2) is 0 Å². The van der Waals surface area contributed by atoms with Gasteiger partial charge in [-0.3, -0.25) is 0 Å². The Morgan fingerprint density at radius 1 is 1.11 bits per heavy atom. The van der Waals surface area contributed by atoms with E-state index >= 15 is 0 Å². The summed E-state index contributed by atoms with van der Waals surface area (Å²) in [6, 6.07) is 14.6. The molecule has 2 aromatic carbocycles. The van der Waals surface area contributed by atoms with Crippen molar-refractivity contribution in [2.75, 3.05) is 0 Å². The minimum Gasteiger partial charge on any atom is -0.354 e. The monoisotopic (exact) mass is 269 g/mol. The number of rotatable bonds is 2. The number of H-pyrrole nitrogens is 1. The predicted molar refractivity (Wildman–Crippen MR) is 82.9 cm³/mol. The van der Waals surface area contributed by atoms with Crippen LogP contribution in [0.2, 0.25) is 5.02 Å². The molecule has 0 aliphatic rings. The maximum atomic E-state index is 6.30. The SMILES string of the molecule is CCc1ccc2[nH]c(-c3ccccc3Cl)c(C)c2c1. The first-order valence-electron chi connectivity index (χ1n) is 6.57. The molecule has 96 valence electrons. The van der Waals surface area contributed by atoms with Crippen LogP contribution in [-0.4, -0.2) is 4.98 Å². The number of halogens is 1. The first-order valence-corrected chi connectivity index (χ1v) is 6.94. The van der Waals surface area contributed by atoms with E-state index in [2.05, 4.69) is 43.1 Å². The lowest BCUT2D eigenvalue weighted by Crippen LogP contribution is -1.81. The van der Waals surface area contributed by atoms with E-state index in [-0.39, 0.29) is 0 Å². The lowest BCUT2D eigenvalue weighted by Gasteiger charge is -2.02. The minimum atomic E-state index is 0.785. The lowest BCUT2D eigenvalue weighted by molar-refractivity contribution is 1.15. The zero-order chi connectivity index (χ0) is 13.4. The van der Waals surface area contributed by atoms with Gasteiger partial charge in [0, 0.05) is 21.5 Å². The van der Waals surface area contributed by atoms with Crippen molar-refractivity contribution < 1.29 is 0 Å². The molecule has 0 aliphatic carbocycles. The molecule has 19 heavy (non-hydrogen) atoms. The molecule has 1 N–H and O–H groups in total. The van der Waals surface area contributed by atoms with Gasteiger partial charge in [-0.15, -0.1) is 0 Å². The summed E-state index contributed by atoms with van der Waals surface area (Å²) < 4.78 is 0. The Morgan fingerprint density at radius 2 is 1.89 bits per heavy atom. The van der Waals surface area contributed by atoms with E-state index in [1.807, 2.05) is 18.2 Å². The summed E-state index contributed by atoms with van der Waals surface area (Å²) in [6.45, 7) is 4.33. The van der Waals surface area contributed by atoms with Gasteiger partial charge in [-0.1, -0.05) is 42.8 Å². The molecule has 0 spiro atoms. The Morgan fingerprint density at radius 3 is 2.63 bits per heavy atom. The third kappa shape index (κ3) is 2.04. The molecule has 1 aromatic heterocycles. The van der Waals surface area contributed by atoms with Crippen LogP contribution >= 0.6 is 11.6 Å². The first kappa shape index (κ1) is 12.3. The zero-order valence-corrected chi connectivity index (χ0v) is 11.9. The van der Waals surface area contributed by atoms with Crippen LogP contribution in [0.1, 0.15) is 18.1 Å². The molecule has 0 saturated heterocycles. The topological polar surface area (TPSA) is 15.8 Å². The second-order valence-corrected chi connectivity index (χ2v) is 5.25. The summed E-state index contributed by atoms with van der Waals surface area (Å²) in [5.74, 6) is 0. The smallest absolute Gasteiger partial charge is 0.0509 e. The summed E-state index contributed by atoms with van der Waals surface area (Å²) in [5.41, 5.74) is 5.98. The van der Waals surface area contributed by atoms with Gasteiger partial charge in [0.05, 0.1) is 5.69 Å². The molecule has 0 unspecified atom stereocenters. The average molecular weight is 270 g/mol. The molecular formula is C17H16ClN. The van der Waals surface area contributed by atoms with Gasteiger partial charge in [-0.2, -0.15) is 0 Å². The van der Waals surface area contributed by atoms with Crippen molar-refractivity contribution in [3.63, 3.8) is 0 Å². The van der Waals surface area contributed by atoms with Crippen LogP contribution in [0, 0.1) is 6.92 Å². The fraction of sp³-hybridized carbons (Fsp3) is 0.176. The van der Waals surface area contributed by atoms with Gasteiger partial charge in [-0.05, 0) is 42.7 Å². The number of fused-ring (bicyclic) bond motifs is 1. The molecule has 1 nitrogen and oxygen atoms in total. The van der Waals surface area contributed by atoms with Crippen molar-refractivity contribution in [1.82, 2.24) is 4.98 Å². The number of hydrogen-bond acceptors (Lipinski definition) is 0. The second kappa shape index (κ2) is 4.75. The molecule has 0 radical (unpaired) electrons. The molecule has 3 aromatic rings. The molecule has 3 rings (SSSR count). The molecule has 2 heteroatoms. The minimum absolute atomic E-state index is 0.785. The Hall–Kier alpha value is -1.73. The fourth-order valence-electron chi connectivity index (χ4n) is 2.53. The Kier molecular flexibility index (Phi) is 3.08. The summed E-state index contributed by atoms with van der Waals surface area (Å²) in [6.07, 6.45) is 1.06. The number of nitrogens with one attached hydrogen (secondary N) is 1. The number of aromatic amines is 1. The number of aromatic nitrogens is 1. The maximum Gasteiger partial charge on any atom is 0.0509 e. The van der Waals surface area contributed by atoms with Crippen LogP contribution in [0.5, 0.6) is 0 Å². The van der Waals surface area contributed by atoms with Crippen molar-refractivity contribution in [3.8, 4) is 11.3 Å². The first-order chi connectivity index (χ1) is 9.20. The molecule has 0 bridgehead atoms. The highest BCUT2D eigenvalue weighted by molar-refractivity contribution is 6.33. The largest absolute Gasteiger partial charge is 0.354 e. The van der Waals surface area contributed by atoms with E-state index in [9.17, 15) is 0 Å². The van der Waals surface area contributed by atoms with Crippen LogP contribution in [0.4, 0.5) is 0 Å². The van der Waals surface area contributed by atoms with E-state index in [4.69, 9.17) is 11.6 Å². The molecule has 0 saturated carbocycles. The van der Waals surface area contributed by atoms with Crippen LogP contribution in [0.15, 0.2) is 42.5 Å². The normalized spacial score (nSPS) is 11.1. The number of aryl methyl sites for hydroxylation is 2. The van der Waals surface area contributed by atoms with E-state index in [1.165, 1.54) is 22.0 Å². The Balaban J connectivity index is 2.26. The molecule has 1 heterocycles. The van der Waals surface area contributed by atoms with Gasteiger partial charge in [0.1, 0.15) is 0 Å². The quantitative estimate of drug-likeness (QED) is 0.645. The standard InChI is InChI=1S/C17H16ClN/c1-3-12-8-9-16-14(10-12)11(2)17(19-16)13-6-4-5-7-15(13)18/h4-10,19H,3H2,1-2H3. The molecule has 0 fully saturated rings. The lowest BCUT2D eigenvalue weighted by atomic mass is 10.0. The van der Waals surface area contributed by atoms with Gasteiger partial charge in [0.15, 0.2) is 0 Å². The highest BCUT2D eigenvalue weighted by atomic mass is 35.5. The van der Waals surface area contributed by atoms with Crippen molar-refractivity contribution in [1.29, 1.82) is 0 Å². The summed E-state index contributed by atoms with van der Waals surface area (Å²) in [5, 5.41) is 2.07. The highest BCUT2D eigenvalue weighted by Gasteiger charge is 2.11. The molecule has 0 amide bonds. The summed E-state index contributed by atoms with van der Waals surface area (Å²) in [7, 11) is 0. The number of hydrogen-bond donors (Lipinski definition) is 1. The molecular weight excluding hydrogens is 254 g/mol. The van der Waals surface area contributed by atoms with E-state index in [0.29, 0.717) is 0 Å². The van der Waals surface area contributed by atoms with E-state index in [1.54, 1.807) is 0 Å². The van der Waals surface area contributed by atoms with Crippen LogP contribution in [0.25, 0.3) is 22.2 Å². The van der Waals surface area contributed by atoms with Crippen LogP contribution in [-0.2, 0) is 6.42 Å². The van der Waals surface area contributed by atoms with Crippen molar-refractivity contribution >= 4 is 22.5 Å². The average Bonchev–Trinajstić information content (AvgIpc) is 2.76. The summed E-state index contributed by atoms with van der Waals surface area (Å²) >= 11 is 6.30. The van der Waals surface area contributed by atoms with Gasteiger partial charge < -0.3 is 4.98 Å². The zero-order valence-electron chi connectivity index (χ0n) is 11.1. The third-order valence-electron chi connectivity index (χ3n) is 3.67. The Bertz CT molecular complexity index is 740. The van der Waals surface area contributed by atoms with Crippen molar-refractivity contribution in [2.24, 2.45) is 0 Å². The second-order valence-electron chi connectivity index (χ2n) is 4.84. The maximum absolute atomic E-state index is 6.30. The van der Waals surface area contributed by atoms with Crippen molar-refractivity contribution in [3.05, 3.63) is 58.6 Å². The summed E-state index contributed by atoms with van der Waals surface area (Å²) in [4.78, 5) is 3.49. The highest BCUT2D eigenvalue weighted by Crippen LogP contribution is 2.34. The van der Waals surface area contributed by atoms with Crippen LogP contribution < -0.4 is 0 Å². The van der Waals surface area contributed by atoms with Gasteiger partial charge in [0.25, 0.3) is 0 Å². The number of benzene rings is 2.